The van der Waals surface area contributed by atoms with Gasteiger partial charge in [0.15, 0.2) is 16.3 Å². The van der Waals surface area contributed by atoms with E-state index in [1.165, 1.54) is 19.4 Å². The lowest BCUT2D eigenvalue weighted by molar-refractivity contribution is -0.120. The van der Waals surface area contributed by atoms with Crippen LogP contribution in [0.2, 0.25) is 0 Å². The van der Waals surface area contributed by atoms with Crippen LogP contribution in [0.25, 0.3) is 0 Å². The Morgan fingerprint density at radius 3 is 2.96 bits per heavy atom. The molecule has 0 atom stereocenters. The summed E-state index contributed by atoms with van der Waals surface area (Å²) in [5, 5.41) is 13.6. The van der Waals surface area contributed by atoms with Crippen molar-refractivity contribution in [3.63, 3.8) is 0 Å². The number of aromatic amines is 2. The van der Waals surface area contributed by atoms with Crippen molar-refractivity contribution in [3.05, 3.63) is 50.6 Å². The van der Waals surface area contributed by atoms with Crippen LogP contribution in [0.5, 0.6) is 11.5 Å². The zero-order valence-corrected chi connectivity index (χ0v) is 12.9. The summed E-state index contributed by atoms with van der Waals surface area (Å²) < 4.78 is 5.11. The van der Waals surface area contributed by atoms with Crippen LogP contribution >= 0.6 is 12.2 Å². The van der Waals surface area contributed by atoms with Gasteiger partial charge in [0.25, 0.3) is 5.56 Å². The predicted molar refractivity (Wildman–Crippen MR) is 86.3 cm³/mol. The number of methoxy groups -OCH3 is 1. The molecule has 0 saturated heterocycles. The molecule has 120 valence electrons. The second-order valence-corrected chi connectivity index (χ2v) is 4.89. The molecule has 0 unspecified atom stereocenters. The molecule has 0 bridgehead atoms. The van der Waals surface area contributed by atoms with E-state index in [2.05, 4.69) is 20.5 Å². The summed E-state index contributed by atoms with van der Waals surface area (Å²) in [5.74, 6) is -0.220. The summed E-state index contributed by atoms with van der Waals surface area (Å²) in [4.78, 5) is 28.1. The fraction of sp³-hybridized carbons (Fsp3) is 0.143. The Morgan fingerprint density at radius 1 is 1.48 bits per heavy atom. The second-order valence-electron chi connectivity index (χ2n) is 4.48. The van der Waals surface area contributed by atoms with E-state index in [9.17, 15) is 14.7 Å². The van der Waals surface area contributed by atoms with E-state index in [1.807, 2.05) is 0 Å². The molecule has 23 heavy (non-hydrogen) atoms. The number of nitrogens with zero attached hydrogens (tertiary/aromatic N) is 1. The van der Waals surface area contributed by atoms with Gasteiger partial charge in [-0.3, -0.25) is 14.6 Å². The first-order chi connectivity index (χ1) is 11.0. The molecule has 0 radical (unpaired) electrons. The third-order valence-electron chi connectivity index (χ3n) is 2.81. The van der Waals surface area contributed by atoms with Crippen molar-refractivity contribution >= 4 is 24.3 Å². The molecule has 1 amide bonds. The van der Waals surface area contributed by atoms with Gasteiger partial charge in [-0.25, -0.2) is 5.43 Å². The minimum Gasteiger partial charge on any atom is -0.504 e. The van der Waals surface area contributed by atoms with E-state index < -0.39 is 5.91 Å². The van der Waals surface area contributed by atoms with Gasteiger partial charge in [-0.1, -0.05) is 6.07 Å². The number of rotatable bonds is 5. The number of amides is 1. The normalized spacial score (nSPS) is 10.7. The van der Waals surface area contributed by atoms with Gasteiger partial charge in [0, 0.05) is 17.3 Å². The minimum absolute atomic E-state index is 0.0772. The van der Waals surface area contributed by atoms with Crippen LogP contribution in [0.4, 0.5) is 0 Å². The summed E-state index contributed by atoms with van der Waals surface area (Å²) in [6.07, 6.45) is 1.20. The average Bonchev–Trinajstić information content (AvgIpc) is 2.48. The largest absolute Gasteiger partial charge is 0.504 e. The van der Waals surface area contributed by atoms with Crippen LogP contribution in [0.3, 0.4) is 0 Å². The average molecular weight is 334 g/mol. The van der Waals surface area contributed by atoms with Crippen LogP contribution in [-0.2, 0) is 11.2 Å². The molecule has 8 nitrogen and oxygen atoms in total. The number of hydrazone groups is 1. The highest BCUT2D eigenvalue weighted by molar-refractivity contribution is 7.71. The molecule has 0 aliphatic carbocycles. The van der Waals surface area contributed by atoms with E-state index in [1.54, 1.807) is 18.2 Å². The Kier molecular flexibility index (Phi) is 5.26. The van der Waals surface area contributed by atoms with Crippen molar-refractivity contribution in [2.45, 2.75) is 6.42 Å². The Morgan fingerprint density at radius 2 is 2.26 bits per heavy atom. The zero-order valence-electron chi connectivity index (χ0n) is 12.1. The summed E-state index contributed by atoms with van der Waals surface area (Å²) in [6.45, 7) is 0. The summed E-state index contributed by atoms with van der Waals surface area (Å²) >= 11 is 4.82. The molecule has 1 heterocycles. The predicted octanol–water partition coefficient (Wildman–Crippen LogP) is 0.839. The van der Waals surface area contributed by atoms with E-state index in [-0.39, 0.29) is 22.5 Å². The molecule has 4 N–H and O–H groups in total. The van der Waals surface area contributed by atoms with Crippen molar-refractivity contribution in [1.82, 2.24) is 15.4 Å². The maximum atomic E-state index is 11.8. The summed E-state index contributed by atoms with van der Waals surface area (Å²) in [5.41, 5.74) is 2.67. The number of ether oxygens (including phenoxy) is 1. The first-order valence-corrected chi connectivity index (χ1v) is 6.91. The van der Waals surface area contributed by atoms with Crippen molar-refractivity contribution in [2.24, 2.45) is 5.10 Å². The lowest BCUT2D eigenvalue weighted by atomic mass is 10.2. The molecular weight excluding hydrogens is 320 g/mol. The Bertz CT molecular complexity index is 828. The van der Waals surface area contributed by atoms with Gasteiger partial charge in [0.1, 0.15) is 0 Å². The number of carbonyl (C=O) groups excluding carboxylic acids is 1. The Hall–Kier alpha value is -2.94. The van der Waals surface area contributed by atoms with Crippen LogP contribution in [0.15, 0.2) is 34.2 Å². The fourth-order valence-corrected chi connectivity index (χ4v) is 2.04. The van der Waals surface area contributed by atoms with Gasteiger partial charge in [-0.2, -0.15) is 5.10 Å². The molecule has 1 aromatic carbocycles. The van der Waals surface area contributed by atoms with Gasteiger partial charge in [0.2, 0.25) is 5.91 Å². The fourth-order valence-electron chi connectivity index (χ4n) is 1.81. The molecule has 1 aromatic heterocycles. The molecule has 0 aliphatic heterocycles. The first-order valence-electron chi connectivity index (χ1n) is 6.50. The molecular formula is C14H14N4O4S. The number of para-hydroxylation sites is 1. The molecule has 0 aliphatic rings. The van der Waals surface area contributed by atoms with Crippen LogP contribution < -0.4 is 15.7 Å². The summed E-state index contributed by atoms with van der Waals surface area (Å²) in [7, 11) is 1.43. The number of phenols is 1. The smallest absolute Gasteiger partial charge is 0.251 e. The zero-order chi connectivity index (χ0) is 16.8. The van der Waals surface area contributed by atoms with Gasteiger partial charge in [-0.05, 0) is 24.4 Å². The molecule has 0 spiro atoms. The Balaban J connectivity index is 2.01. The van der Waals surface area contributed by atoms with Crippen molar-refractivity contribution < 1.29 is 14.6 Å². The molecule has 0 saturated carbocycles. The van der Waals surface area contributed by atoms with E-state index in [4.69, 9.17) is 17.0 Å². The Labute approximate surface area is 135 Å². The van der Waals surface area contributed by atoms with Crippen LogP contribution in [-0.4, -0.2) is 34.3 Å². The van der Waals surface area contributed by atoms with E-state index >= 15 is 0 Å². The number of aromatic nitrogens is 2. The minimum atomic E-state index is -0.445. The molecule has 2 aromatic rings. The quantitative estimate of drug-likeness (QED) is 0.367. The van der Waals surface area contributed by atoms with Crippen molar-refractivity contribution in [1.29, 1.82) is 0 Å². The van der Waals surface area contributed by atoms with Crippen LogP contribution in [0, 0.1) is 4.77 Å². The van der Waals surface area contributed by atoms with Gasteiger partial charge < -0.3 is 14.8 Å². The number of aromatic hydroxyl groups is 1. The topological polar surface area (TPSA) is 120 Å². The molecule has 9 heteroatoms. The standard InChI is InChI=1S/C14H14N4O4S/c1-22-10-4-2-3-8(13(10)21)7-15-18-12(20)6-9-5-11(19)17-14(23)16-9/h2-5,7,21H,6H2,1H3,(H,18,20)(H2,16,17,19,23)/b15-7+. The lowest BCUT2D eigenvalue weighted by Crippen LogP contribution is -2.21. The highest BCUT2D eigenvalue weighted by Gasteiger charge is 2.06. The highest BCUT2D eigenvalue weighted by Crippen LogP contribution is 2.27. The number of carbonyl (C=O) groups is 1. The highest BCUT2D eigenvalue weighted by atomic mass is 32.1. The van der Waals surface area contributed by atoms with E-state index in [0.717, 1.165) is 0 Å². The van der Waals surface area contributed by atoms with Gasteiger partial charge in [0.05, 0.1) is 19.7 Å². The van der Waals surface area contributed by atoms with E-state index in [0.29, 0.717) is 17.0 Å². The SMILES string of the molecule is COc1cccc(/C=N/NC(=O)Cc2cc(=O)[nH]c(=S)[nH]2)c1O. The van der Waals surface area contributed by atoms with Crippen LogP contribution in [0.1, 0.15) is 11.3 Å². The second kappa shape index (κ2) is 7.36. The van der Waals surface area contributed by atoms with Gasteiger partial charge >= 0.3 is 0 Å². The number of nitrogens with one attached hydrogen (secondary N) is 3. The molecule has 0 fully saturated rings. The maximum absolute atomic E-state index is 11.8. The third-order valence-corrected chi connectivity index (χ3v) is 3.01. The number of phenolic OH excluding ortho intramolecular Hbond substituents is 1. The lowest BCUT2D eigenvalue weighted by Gasteiger charge is -2.05. The van der Waals surface area contributed by atoms with Crippen molar-refractivity contribution in [3.8, 4) is 11.5 Å². The maximum Gasteiger partial charge on any atom is 0.251 e. The third kappa shape index (κ3) is 4.51. The van der Waals surface area contributed by atoms with Crippen molar-refractivity contribution in [2.75, 3.05) is 7.11 Å². The van der Waals surface area contributed by atoms with Gasteiger partial charge in [-0.15, -0.1) is 0 Å². The number of benzene rings is 1. The molecule has 2 rings (SSSR count). The monoisotopic (exact) mass is 334 g/mol. The first kappa shape index (κ1) is 16.4. The number of H-pyrrole nitrogens is 2. The summed E-state index contributed by atoms with van der Waals surface area (Å²) in [6, 6.07) is 6.13. The number of hydrogen-bond acceptors (Lipinski definition) is 6. The number of hydrogen-bond donors (Lipinski definition) is 4.